The summed E-state index contributed by atoms with van der Waals surface area (Å²) in [5.41, 5.74) is 1.69. The van der Waals surface area contributed by atoms with Crippen LogP contribution >= 0.6 is 11.6 Å². The maximum atomic E-state index is 12.1. The summed E-state index contributed by atoms with van der Waals surface area (Å²) in [4.78, 5) is 24.2. The molecule has 0 aliphatic heterocycles. The first-order valence-electron chi connectivity index (χ1n) is 8.70. The van der Waals surface area contributed by atoms with Crippen LogP contribution in [0.15, 0.2) is 66.7 Å². The van der Waals surface area contributed by atoms with Gasteiger partial charge in [-0.1, -0.05) is 72.3 Å². The first kappa shape index (κ1) is 18.9. The minimum atomic E-state index is -0.438. The Kier molecular flexibility index (Phi) is 6.09. The number of ether oxygens (including phenoxy) is 1. The first-order chi connectivity index (χ1) is 13.0. The van der Waals surface area contributed by atoms with Crippen LogP contribution < -0.4 is 5.32 Å². The molecule has 3 aromatic carbocycles. The van der Waals surface area contributed by atoms with Crippen LogP contribution in [0.25, 0.3) is 10.8 Å². The second kappa shape index (κ2) is 8.69. The van der Waals surface area contributed by atoms with E-state index in [0.29, 0.717) is 5.02 Å². The van der Waals surface area contributed by atoms with E-state index in [1.165, 1.54) is 0 Å². The Balaban J connectivity index is 1.54. The Morgan fingerprint density at radius 2 is 1.70 bits per heavy atom. The van der Waals surface area contributed by atoms with Crippen molar-refractivity contribution in [3.8, 4) is 0 Å². The Morgan fingerprint density at radius 1 is 1.00 bits per heavy atom. The molecule has 0 saturated carbocycles. The van der Waals surface area contributed by atoms with Crippen molar-refractivity contribution in [2.45, 2.75) is 19.4 Å². The third-order valence-electron chi connectivity index (χ3n) is 4.33. The van der Waals surface area contributed by atoms with Gasteiger partial charge in [-0.15, -0.1) is 0 Å². The zero-order chi connectivity index (χ0) is 19.2. The summed E-state index contributed by atoms with van der Waals surface area (Å²) in [6, 6.07) is 20.7. The number of fused-ring (bicyclic) bond motifs is 1. The molecular formula is C22H20ClNO3. The van der Waals surface area contributed by atoms with Crippen LogP contribution in [0, 0.1) is 0 Å². The van der Waals surface area contributed by atoms with Gasteiger partial charge in [0, 0.05) is 5.02 Å². The molecule has 138 valence electrons. The van der Waals surface area contributed by atoms with Gasteiger partial charge in [0.15, 0.2) is 6.61 Å². The maximum Gasteiger partial charge on any atom is 0.310 e. The summed E-state index contributed by atoms with van der Waals surface area (Å²) in [6.07, 6.45) is 0.120. The van der Waals surface area contributed by atoms with Crippen LogP contribution in [0.2, 0.25) is 5.02 Å². The first-order valence-corrected chi connectivity index (χ1v) is 9.08. The number of nitrogens with one attached hydrogen (secondary N) is 1. The van der Waals surface area contributed by atoms with Crippen LogP contribution in [0.4, 0.5) is 0 Å². The van der Waals surface area contributed by atoms with E-state index in [2.05, 4.69) is 5.32 Å². The van der Waals surface area contributed by atoms with Gasteiger partial charge in [-0.2, -0.15) is 0 Å². The Morgan fingerprint density at radius 3 is 2.52 bits per heavy atom. The van der Waals surface area contributed by atoms with Gasteiger partial charge >= 0.3 is 5.97 Å². The second-order valence-electron chi connectivity index (χ2n) is 6.29. The third-order valence-corrected chi connectivity index (χ3v) is 4.67. The van der Waals surface area contributed by atoms with Crippen molar-refractivity contribution in [3.63, 3.8) is 0 Å². The van der Waals surface area contributed by atoms with Gasteiger partial charge in [-0.25, -0.2) is 0 Å². The summed E-state index contributed by atoms with van der Waals surface area (Å²) in [5, 5.41) is 5.44. The fourth-order valence-electron chi connectivity index (χ4n) is 2.99. The van der Waals surface area contributed by atoms with E-state index < -0.39 is 5.97 Å². The van der Waals surface area contributed by atoms with E-state index in [0.717, 1.165) is 21.9 Å². The van der Waals surface area contributed by atoms with E-state index in [1.807, 2.05) is 67.6 Å². The Labute approximate surface area is 163 Å². The molecule has 0 aromatic heterocycles. The van der Waals surface area contributed by atoms with E-state index >= 15 is 0 Å². The highest BCUT2D eigenvalue weighted by Crippen LogP contribution is 2.22. The number of benzene rings is 3. The van der Waals surface area contributed by atoms with E-state index in [9.17, 15) is 9.59 Å². The molecular weight excluding hydrogens is 362 g/mol. The van der Waals surface area contributed by atoms with Crippen LogP contribution in [-0.4, -0.2) is 18.5 Å². The van der Waals surface area contributed by atoms with Crippen molar-refractivity contribution in [1.29, 1.82) is 0 Å². The van der Waals surface area contributed by atoms with Crippen molar-refractivity contribution in [3.05, 3.63) is 82.9 Å². The normalized spacial score (nSPS) is 11.8. The molecule has 3 rings (SSSR count). The SMILES string of the molecule is C[C@@H](NC(=O)COC(=O)Cc1cccc2ccccc12)c1ccccc1Cl. The molecule has 0 aliphatic rings. The lowest BCUT2D eigenvalue weighted by Crippen LogP contribution is -2.31. The van der Waals surface area contributed by atoms with E-state index in [4.69, 9.17) is 16.3 Å². The number of carbonyl (C=O) groups excluding carboxylic acids is 2. The van der Waals surface area contributed by atoms with Crippen molar-refractivity contribution in [2.24, 2.45) is 0 Å². The summed E-state index contributed by atoms with van der Waals surface area (Å²) < 4.78 is 5.14. The molecule has 3 aromatic rings. The van der Waals surface area contributed by atoms with Gasteiger partial charge in [0.25, 0.3) is 5.91 Å². The molecule has 0 heterocycles. The lowest BCUT2D eigenvalue weighted by atomic mass is 10.0. The van der Waals surface area contributed by atoms with Crippen molar-refractivity contribution >= 4 is 34.2 Å². The smallest absolute Gasteiger partial charge is 0.310 e. The predicted molar refractivity (Wildman–Crippen MR) is 107 cm³/mol. The van der Waals surface area contributed by atoms with Gasteiger partial charge in [-0.3, -0.25) is 9.59 Å². The molecule has 1 atom stereocenters. The number of esters is 1. The van der Waals surface area contributed by atoms with Crippen molar-refractivity contribution < 1.29 is 14.3 Å². The average molecular weight is 382 g/mol. The molecule has 1 amide bonds. The number of amides is 1. The summed E-state index contributed by atoms with van der Waals surface area (Å²) >= 11 is 6.13. The fraction of sp³-hybridized carbons (Fsp3) is 0.182. The average Bonchev–Trinajstić information content (AvgIpc) is 2.67. The summed E-state index contributed by atoms with van der Waals surface area (Å²) in [7, 11) is 0. The second-order valence-corrected chi connectivity index (χ2v) is 6.69. The third kappa shape index (κ3) is 4.86. The summed E-state index contributed by atoms with van der Waals surface area (Å²) in [6.45, 7) is 1.51. The topological polar surface area (TPSA) is 55.4 Å². The fourth-order valence-corrected chi connectivity index (χ4v) is 3.29. The van der Waals surface area contributed by atoms with Crippen LogP contribution in [0.5, 0.6) is 0 Å². The van der Waals surface area contributed by atoms with Crippen LogP contribution in [0.3, 0.4) is 0 Å². The largest absolute Gasteiger partial charge is 0.455 e. The molecule has 0 bridgehead atoms. The van der Waals surface area contributed by atoms with Crippen LogP contribution in [-0.2, 0) is 20.7 Å². The Bertz CT molecular complexity index is 965. The molecule has 5 heteroatoms. The zero-order valence-corrected chi connectivity index (χ0v) is 15.7. The number of halogens is 1. The van der Waals surface area contributed by atoms with Gasteiger partial charge < -0.3 is 10.1 Å². The van der Waals surface area contributed by atoms with Crippen molar-refractivity contribution in [1.82, 2.24) is 5.32 Å². The van der Waals surface area contributed by atoms with Gasteiger partial charge in [0.05, 0.1) is 12.5 Å². The molecule has 0 unspecified atom stereocenters. The maximum absolute atomic E-state index is 12.1. The molecule has 1 N–H and O–H groups in total. The number of hydrogen-bond donors (Lipinski definition) is 1. The highest BCUT2D eigenvalue weighted by atomic mass is 35.5. The minimum absolute atomic E-state index is 0.120. The van der Waals surface area contributed by atoms with Crippen LogP contribution in [0.1, 0.15) is 24.1 Å². The molecule has 27 heavy (non-hydrogen) atoms. The number of carbonyl (C=O) groups is 2. The van der Waals surface area contributed by atoms with Crippen molar-refractivity contribution in [2.75, 3.05) is 6.61 Å². The molecule has 4 nitrogen and oxygen atoms in total. The minimum Gasteiger partial charge on any atom is -0.455 e. The van der Waals surface area contributed by atoms with Gasteiger partial charge in [0.1, 0.15) is 0 Å². The molecule has 0 fully saturated rings. The standard InChI is InChI=1S/C22H20ClNO3/c1-15(18-10-4-5-12-20(18)23)24-21(25)14-27-22(26)13-17-9-6-8-16-7-2-3-11-19(16)17/h2-12,15H,13-14H2,1H3,(H,24,25)/t15-/m1/s1. The molecule has 0 aliphatic carbocycles. The summed E-state index contributed by atoms with van der Waals surface area (Å²) in [5.74, 6) is -0.805. The quantitative estimate of drug-likeness (QED) is 0.641. The lowest BCUT2D eigenvalue weighted by molar-refractivity contribution is -0.148. The van der Waals surface area contributed by atoms with Gasteiger partial charge in [0.2, 0.25) is 0 Å². The number of hydrogen-bond acceptors (Lipinski definition) is 3. The highest BCUT2D eigenvalue weighted by molar-refractivity contribution is 6.31. The lowest BCUT2D eigenvalue weighted by Gasteiger charge is -2.15. The molecule has 0 radical (unpaired) electrons. The zero-order valence-electron chi connectivity index (χ0n) is 14.9. The van der Waals surface area contributed by atoms with E-state index in [1.54, 1.807) is 6.07 Å². The molecule has 0 saturated heterocycles. The van der Waals surface area contributed by atoms with E-state index in [-0.39, 0.29) is 25.0 Å². The predicted octanol–water partition coefficient (Wildman–Crippen LogP) is 4.46. The monoisotopic (exact) mass is 381 g/mol. The number of rotatable bonds is 6. The Hall–Kier alpha value is -2.85. The van der Waals surface area contributed by atoms with Gasteiger partial charge in [-0.05, 0) is 34.9 Å². The molecule has 0 spiro atoms. The highest BCUT2D eigenvalue weighted by Gasteiger charge is 2.14.